The van der Waals surface area contributed by atoms with E-state index in [1.807, 2.05) is 0 Å². The molecule has 2 rings (SSSR count). The highest BCUT2D eigenvalue weighted by atomic mass is 32.2. The predicted molar refractivity (Wildman–Crippen MR) is 41.9 cm³/mol. The van der Waals surface area contributed by atoms with Crippen LogP contribution in [-0.4, -0.2) is 23.6 Å². The van der Waals surface area contributed by atoms with Crippen LogP contribution >= 0.6 is 11.8 Å². The molecule has 2 atom stereocenters. The maximum absolute atomic E-state index is 3.46. The molecule has 2 aliphatic rings. The van der Waals surface area contributed by atoms with Gasteiger partial charge in [0.2, 0.25) is 0 Å². The van der Waals surface area contributed by atoms with Gasteiger partial charge in [0.1, 0.15) is 0 Å². The molecule has 2 fully saturated rings. The zero-order valence-corrected chi connectivity index (χ0v) is 6.41. The second-order valence-corrected chi connectivity index (χ2v) is 4.56. The third-order valence-electron chi connectivity index (χ3n) is 2.21. The van der Waals surface area contributed by atoms with E-state index >= 15 is 0 Å². The van der Waals surface area contributed by atoms with Gasteiger partial charge in [0.05, 0.1) is 0 Å². The van der Waals surface area contributed by atoms with Crippen LogP contribution in [0.4, 0.5) is 0 Å². The van der Waals surface area contributed by atoms with Crippen LogP contribution in [0.3, 0.4) is 0 Å². The lowest BCUT2D eigenvalue weighted by Crippen LogP contribution is -2.23. The van der Waals surface area contributed by atoms with Crippen molar-refractivity contribution < 1.29 is 0 Å². The van der Waals surface area contributed by atoms with Gasteiger partial charge in [0, 0.05) is 17.0 Å². The van der Waals surface area contributed by atoms with Crippen LogP contribution in [0.15, 0.2) is 0 Å². The molecule has 9 heavy (non-hydrogen) atoms. The molecule has 2 saturated heterocycles. The number of hydrogen-bond donors (Lipinski definition) is 1. The van der Waals surface area contributed by atoms with Crippen LogP contribution < -0.4 is 5.32 Å². The van der Waals surface area contributed by atoms with Crippen molar-refractivity contribution in [2.45, 2.75) is 29.8 Å². The first-order chi connectivity index (χ1) is 4.45. The third-order valence-corrected chi connectivity index (χ3v) is 3.85. The molecule has 0 aromatic carbocycles. The molecule has 0 amide bonds. The van der Waals surface area contributed by atoms with Crippen molar-refractivity contribution in [3.63, 3.8) is 0 Å². The molecule has 0 radical (unpaired) electrons. The fourth-order valence-corrected chi connectivity index (χ4v) is 3.23. The highest BCUT2D eigenvalue weighted by Gasteiger charge is 2.26. The zero-order chi connectivity index (χ0) is 6.10. The molecule has 0 aromatic rings. The zero-order valence-electron chi connectivity index (χ0n) is 5.60. The number of nitrogens with one attached hydrogen (secondary N) is 1. The quantitative estimate of drug-likeness (QED) is 0.547. The predicted octanol–water partition coefficient (Wildman–Crippen LogP) is 1.24. The summed E-state index contributed by atoms with van der Waals surface area (Å²) in [5.74, 6) is 0. The molecular formula is C7H13NS. The summed E-state index contributed by atoms with van der Waals surface area (Å²) in [6.07, 6.45) is 4.35. The first kappa shape index (κ1) is 6.05. The van der Waals surface area contributed by atoms with E-state index in [9.17, 15) is 0 Å². The van der Waals surface area contributed by atoms with Gasteiger partial charge < -0.3 is 5.32 Å². The van der Waals surface area contributed by atoms with Gasteiger partial charge >= 0.3 is 0 Å². The Balaban J connectivity index is 1.99. The van der Waals surface area contributed by atoms with Gasteiger partial charge in [-0.25, -0.2) is 0 Å². The molecule has 52 valence electrons. The SMILES string of the molecule is C1CC2CCC(CN1)S2. The summed E-state index contributed by atoms with van der Waals surface area (Å²) in [5, 5.41) is 5.42. The molecule has 1 nitrogen and oxygen atoms in total. The summed E-state index contributed by atoms with van der Waals surface area (Å²) in [4.78, 5) is 0. The minimum Gasteiger partial charge on any atom is -0.316 e. The lowest BCUT2D eigenvalue weighted by Gasteiger charge is -2.06. The smallest absolute Gasteiger partial charge is 0.0175 e. The lowest BCUT2D eigenvalue weighted by molar-refractivity contribution is 0.567. The van der Waals surface area contributed by atoms with Gasteiger partial charge in [-0.15, -0.1) is 0 Å². The summed E-state index contributed by atoms with van der Waals surface area (Å²) in [7, 11) is 0. The van der Waals surface area contributed by atoms with E-state index < -0.39 is 0 Å². The molecule has 2 bridgehead atoms. The van der Waals surface area contributed by atoms with Gasteiger partial charge in [0.25, 0.3) is 0 Å². The Hall–Kier alpha value is 0.310. The number of hydrogen-bond acceptors (Lipinski definition) is 2. The Morgan fingerprint density at radius 1 is 1.11 bits per heavy atom. The van der Waals surface area contributed by atoms with E-state index in [2.05, 4.69) is 17.1 Å². The van der Waals surface area contributed by atoms with Crippen LogP contribution in [0.1, 0.15) is 19.3 Å². The summed E-state index contributed by atoms with van der Waals surface area (Å²) in [6.45, 7) is 2.52. The van der Waals surface area contributed by atoms with Crippen LogP contribution in [0.5, 0.6) is 0 Å². The molecular weight excluding hydrogens is 130 g/mol. The average molecular weight is 143 g/mol. The summed E-state index contributed by atoms with van der Waals surface area (Å²) in [5.41, 5.74) is 0. The standard InChI is InChI=1S/C7H13NS/c1-2-7-5-8-4-3-6(1)9-7/h6-8H,1-5H2. The average Bonchev–Trinajstić information content (AvgIpc) is 2.09. The Kier molecular flexibility index (Phi) is 1.68. The Morgan fingerprint density at radius 2 is 2.00 bits per heavy atom. The van der Waals surface area contributed by atoms with Gasteiger partial charge in [0.15, 0.2) is 0 Å². The number of rotatable bonds is 0. The van der Waals surface area contributed by atoms with Crippen molar-refractivity contribution >= 4 is 11.8 Å². The maximum Gasteiger partial charge on any atom is 0.0175 e. The van der Waals surface area contributed by atoms with E-state index in [0.29, 0.717) is 0 Å². The van der Waals surface area contributed by atoms with E-state index in [1.54, 1.807) is 0 Å². The molecule has 0 aliphatic carbocycles. The fourth-order valence-electron chi connectivity index (χ4n) is 1.67. The van der Waals surface area contributed by atoms with Crippen molar-refractivity contribution in [1.82, 2.24) is 5.32 Å². The number of thioether (sulfide) groups is 1. The lowest BCUT2D eigenvalue weighted by atomic mass is 10.1. The highest BCUT2D eigenvalue weighted by molar-refractivity contribution is 8.00. The summed E-state index contributed by atoms with van der Waals surface area (Å²) >= 11 is 2.21. The van der Waals surface area contributed by atoms with Crippen LogP contribution in [0, 0.1) is 0 Å². The molecule has 0 spiro atoms. The van der Waals surface area contributed by atoms with Crippen molar-refractivity contribution in [2.24, 2.45) is 0 Å². The first-order valence-corrected chi connectivity index (χ1v) is 4.75. The van der Waals surface area contributed by atoms with Crippen LogP contribution in [-0.2, 0) is 0 Å². The topological polar surface area (TPSA) is 12.0 Å². The molecule has 2 heterocycles. The minimum absolute atomic E-state index is 0.956. The first-order valence-electron chi connectivity index (χ1n) is 3.81. The third kappa shape index (κ3) is 1.24. The fraction of sp³-hybridized carbons (Fsp3) is 1.00. The second-order valence-electron chi connectivity index (χ2n) is 2.95. The largest absolute Gasteiger partial charge is 0.316 e. The van der Waals surface area contributed by atoms with Crippen LogP contribution in [0.25, 0.3) is 0 Å². The van der Waals surface area contributed by atoms with Crippen molar-refractivity contribution in [3.8, 4) is 0 Å². The molecule has 2 unspecified atom stereocenters. The van der Waals surface area contributed by atoms with E-state index in [-0.39, 0.29) is 0 Å². The van der Waals surface area contributed by atoms with Gasteiger partial charge in [-0.3, -0.25) is 0 Å². The minimum atomic E-state index is 0.956. The normalized spacial score (nSPS) is 42.7. The second kappa shape index (κ2) is 2.51. The van der Waals surface area contributed by atoms with Gasteiger partial charge in [-0.2, -0.15) is 11.8 Å². The molecule has 0 aromatic heterocycles. The molecule has 2 aliphatic heterocycles. The maximum atomic E-state index is 3.46. The Bertz CT molecular complexity index is 93.1. The van der Waals surface area contributed by atoms with Crippen molar-refractivity contribution in [3.05, 3.63) is 0 Å². The Morgan fingerprint density at radius 3 is 3.00 bits per heavy atom. The van der Waals surface area contributed by atoms with E-state index in [0.717, 1.165) is 10.5 Å². The number of fused-ring (bicyclic) bond motifs is 2. The summed E-state index contributed by atoms with van der Waals surface area (Å²) < 4.78 is 0. The van der Waals surface area contributed by atoms with Gasteiger partial charge in [-0.05, 0) is 25.8 Å². The Labute approximate surface area is 60.6 Å². The highest BCUT2D eigenvalue weighted by Crippen LogP contribution is 2.36. The van der Waals surface area contributed by atoms with Crippen molar-refractivity contribution in [2.75, 3.05) is 13.1 Å². The van der Waals surface area contributed by atoms with Gasteiger partial charge in [-0.1, -0.05) is 0 Å². The monoisotopic (exact) mass is 143 g/mol. The van der Waals surface area contributed by atoms with E-state index in [4.69, 9.17) is 0 Å². The van der Waals surface area contributed by atoms with E-state index in [1.165, 1.54) is 32.4 Å². The van der Waals surface area contributed by atoms with Crippen molar-refractivity contribution in [1.29, 1.82) is 0 Å². The van der Waals surface area contributed by atoms with Crippen LogP contribution in [0.2, 0.25) is 0 Å². The molecule has 1 N–H and O–H groups in total. The molecule has 0 saturated carbocycles. The molecule has 2 heteroatoms. The summed E-state index contributed by atoms with van der Waals surface area (Å²) in [6, 6.07) is 0.